The second-order valence-electron chi connectivity index (χ2n) is 3.50. The molecule has 0 fully saturated rings. The number of rotatable bonds is 2. The van der Waals surface area contributed by atoms with Gasteiger partial charge >= 0.3 is 12.1 Å². The predicted molar refractivity (Wildman–Crippen MR) is 67.1 cm³/mol. The molecule has 2 rings (SSSR count). The number of hydrogen-bond donors (Lipinski definition) is 1. The van der Waals surface area contributed by atoms with Crippen LogP contribution in [0.25, 0.3) is 10.9 Å². The van der Waals surface area contributed by atoms with Gasteiger partial charge in [0, 0.05) is 10.7 Å². The van der Waals surface area contributed by atoms with Gasteiger partial charge in [-0.3, -0.25) is 0 Å². The highest BCUT2D eigenvalue weighted by Crippen LogP contribution is 2.22. The van der Waals surface area contributed by atoms with E-state index in [2.05, 4.69) is 25.8 Å². The molecule has 0 bridgehead atoms. The molecule has 18 heavy (non-hydrogen) atoms. The van der Waals surface area contributed by atoms with Gasteiger partial charge in [0.05, 0.1) is 23.9 Å². The first kappa shape index (κ1) is 12.6. The van der Waals surface area contributed by atoms with Gasteiger partial charge in [0.15, 0.2) is 0 Å². The standard InChI is InChI=1S/C11H9BrN2O4/c1-18-10(15)6-2-3-7-8(5-12)13-14(11(16)17)9(7)4-6/h2-4H,5H2,1H3,(H,16,17). The summed E-state index contributed by atoms with van der Waals surface area (Å²) in [7, 11) is 1.27. The molecule has 0 unspecified atom stereocenters. The van der Waals surface area contributed by atoms with Crippen molar-refractivity contribution in [3.63, 3.8) is 0 Å². The largest absolute Gasteiger partial charge is 0.465 e. The SMILES string of the molecule is COC(=O)c1ccc2c(CBr)nn(C(=O)O)c2c1. The van der Waals surface area contributed by atoms with E-state index in [1.807, 2.05) is 0 Å². The van der Waals surface area contributed by atoms with E-state index in [0.717, 1.165) is 4.68 Å². The number of nitrogens with zero attached hydrogens (tertiary/aromatic N) is 2. The maximum Gasteiger partial charge on any atom is 0.432 e. The summed E-state index contributed by atoms with van der Waals surface area (Å²) in [6.07, 6.45) is -1.20. The van der Waals surface area contributed by atoms with Crippen LogP contribution in [0.5, 0.6) is 0 Å². The molecule has 0 aliphatic heterocycles. The fraction of sp³-hybridized carbons (Fsp3) is 0.182. The highest BCUT2D eigenvalue weighted by molar-refractivity contribution is 9.08. The number of ether oxygens (including phenoxy) is 1. The van der Waals surface area contributed by atoms with E-state index in [4.69, 9.17) is 5.11 Å². The van der Waals surface area contributed by atoms with Crippen molar-refractivity contribution in [2.24, 2.45) is 0 Å². The molecular weight excluding hydrogens is 304 g/mol. The molecule has 1 aromatic carbocycles. The number of alkyl halides is 1. The second-order valence-corrected chi connectivity index (χ2v) is 4.06. The summed E-state index contributed by atoms with van der Waals surface area (Å²) < 4.78 is 5.44. The van der Waals surface area contributed by atoms with Gasteiger partial charge in [-0.2, -0.15) is 9.78 Å². The number of methoxy groups -OCH3 is 1. The third-order valence-corrected chi connectivity index (χ3v) is 3.02. The summed E-state index contributed by atoms with van der Waals surface area (Å²) in [4.78, 5) is 22.5. The third kappa shape index (κ3) is 1.97. The van der Waals surface area contributed by atoms with Crippen LogP contribution in [-0.4, -0.2) is 34.1 Å². The fourth-order valence-electron chi connectivity index (χ4n) is 1.67. The highest BCUT2D eigenvalue weighted by Gasteiger charge is 2.16. The Hall–Kier alpha value is -1.89. The molecule has 1 heterocycles. The van der Waals surface area contributed by atoms with Crippen LogP contribution in [0.1, 0.15) is 16.1 Å². The third-order valence-electron chi connectivity index (χ3n) is 2.49. The van der Waals surface area contributed by atoms with E-state index < -0.39 is 12.1 Å². The lowest BCUT2D eigenvalue weighted by atomic mass is 10.1. The lowest BCUT2D eigenvalue weighted by molar-refractivity contribution is 0.0600. The van der Waals surface area contributed by atoms with E-state index in [1.54, 1.807) is 12.1 Å². The van der Waals surface area contributed by atoms with E-state index in [1.165, 1.54) is 13.2 Å². The molecule has 0 aliphatic carbocycles. The van der Waals surface area contributed by atoms with Crippen molar-refractivity contribution in [2.75, 3.05) is 7.11 Å². The van der Waals surface area contributed by atoms with Crippen molar-refractivity contribution in [2.45, 2.75) is 5.33 Å². The minimum absolute atomic E-state index is 0.286. The number of carboxylic acid groups (broad SMARTS) is 1. The van der Waals surface area contributed by atoms with Crippen LogP contribution in [0.2, 0.25) is 0 Å². The van der Waals surface area contributed by atoms with Gasteiger partial charge in [0.25, 0.3) is 0 Å². The Morgan fingerprint density at radius 1 is 1.50 bits per heavy atom. The maximum atomic E-state index is 11.4. The van der Waals surface area contributed by atoms with Crippen LogP contribution in [0.3, 0.4) is 0 Å². The number of aromatic nitrogens is 2. The molecule has 2 aromatic rings. The van der Waals surface area contributed by atoms with Crippen molar-refractivity contribution in [1.29, 1.82) is 0 Å². The number of hydrogen-bond acceptors (Lipinski definition) is 4. The van der Waals surface area contributed by atoms with Crippen LogP contribution in [0, 0.1) is 0 Å². The van der Waals surface area contributed by atoms with Gasteiger partial charge in [0.1, 0.15) is 0 Å². The number of benzene rings is 1. The second kappa shape index (κ2) is 4.77. The van der Waals surface area contributed by atoms with Crippen LogP contribution in [-0.2, 0) is 10.1 Å². The summed E-state index contributed by atoms with van der Waals surface area (Å²) in [5.41, 5.74) is 1.25. The van der Waals surface area contributed by atoms with Crippen molar-refractivity contribution in [1.82, 2.24) is 9.78 Å². The van der Waals surface area contributed by atoms with Crippen LogP contribution < -0.4 is 0 Å². The molecule has 0 amide bonds. The number of carbonyl (C=O) groups is 2. The van der Waals surface area contributed by atoms with Crippen molar-refractivity contribution in [3.05, 3.63) is 29.5 Å². The van der Waals surface area contributed by atoms with Crippen molar-refractivity contribution in [3.8, 4) is 0 Å². The molecule has 0 atom stereocenters. The van der Waals surface area contributed by atoms with E-state index in [-0.39, 0.29) is 5.56 Å². The van der Waals surface area contributed by atoms with Gasteiger partial charge < -0.3 is 9.84 Å². The van der Waals surface area contributed by atoms with Crippen LogP contribution in [0.4, 0.5) is 4.79 Å². The van der Waals surface area contributed by atoms with Gasteiger partial charge in [-0.1, -0.05) is 22.0 Å². The molecule has 1 N–H and O–H groups in total. The number of fused-ring (bicyclic) bond motifs is 1. The Bertz CT molecular complexity index is 635. The Morgan fingerprint density at radius 2 is 2.22 bits per heavy atom. The van der Waals surface area contributed by atoms with Crippen LogP contribution in [0.15, 0.2) is 18.2 Å². The average Bonchev–Trinajstić information content (AvgIpc) is 2.75. The quantitative estimate of drug-likeness (QED) is 0.679. The van der Waals surface area contributed by atoms with E-state index >= 15 is 0 Å². The highest BCUT2D eigenvalue weighted by atomic mass is 79.9. The molecule has 1 aromatic heterocycles. The molecule has 0 aliphatic rings. The van der Waals surface area contributed by atoms with Crippen molar-refractivity contribution < 1.29 is 19.4 Å². The van der Waals surface area contributed by atoms with Crippen LogP contribution >= 0.6 is 15.9 Å². The Kier molecular flexibility index (Phi) is 3.33. The summed E-state index contributed by atoms with van der Waals surface area (Å²) in [5.74, 6) is -0.518. The molecule has 6 nitrogen and oxygen atoms in total. The molecule has 0 saturated heterocycles. The smallest absolute Gasteiger partial charge is 0.432 e. The van der Waals surface area contributed by atoms with Crippen molar-refractivity contribution >= 4 is 38.9 Å². The summed E-state index contributed by atoms with van der Waals surface area (Å²) in [6, 6.07) is 4.69. The first-order chi connectivity index (χ1) is 8.58. The lowest BCUT2D eigenvalue weighted by Crippen LogP contribution is -2.10. The monoisotopic (exact) mass is 312 g/mol. The lowest BCUT2D eigenvalue weighted by Gasteiger charge is -2.00. The summed E-state index contributed by atoms with van der Waals surface area (Å²) in [5, 5.41) is 14.1. The number of carbonyl (C=O) groups excluding carboxylic acids is 1. The summed E-state index contributed by atoms with van der Waals surface area (Å²) >= 11 is 3.24. The molecule has 0 saturated carbocycles. The zero-order valence-corrected chi connectivity index (χ0v) is 11.0. The minimum Gasteiger partial charge on any atom is -0.465 e. The number of esters is 1. The normalized spacial score (nSPS) is 10.6. The Morgan fingerprint density at radius 3 is 2.78 bits per heavy atom. The molecule has 0 spiro atoms. The van der Waals surface area contributed by atoms with Gasteiger partial charge in [-0.05, 0) is 12.1 Å². The molecule has 94 valence electrons. The van der Waals surface area contributed by atoms with E-state index in [9.17, 15) is 9.59 Å². The maximum absolute atomic E-state index is 11.4. The Balaban J connectivity index is 2.70. The molecule has 0 radical (unpaired) electrons. The van der Waals surface area contributed by atoms with Gasteiger partial charge in [-0.15, -0.1) is 0 Å². The number of halogens is 1. The zero-order valence-electron chi connectivity index (χ0n) is 9.38. The predicted octanol–water partition coefficient (Wildman–Crippen LogP) is 2.24. The molecule has 7 heteroatoms. The molecular formula is C11H9BrN2O4. The first-order valence-corrected chi connectivity index (χ1v) is 6.10. The topological polar surface area (TPSA) is 81.4 Å². The van der Waals surface area contributed by atoms with Gasteiger partial charge in [0.2, 0.25) is 0 Å². The Labute approximate surface area is 110 Å². The fourth-order valence-corrected chi connectivity index (χ4v) is 2.08. The minimum atomic E-state index is -1.20. The summed E-state index contributed by atoms with van der Waals surface area (Å²) in [6.45, 7) is 0. The van der Waals surface area contributed by atoms with E-state index in [0.29, 0.717) is 21.9 Å². The average molecular weight is 313 g/mol. The van der Waals surface area contributed by atoms with Gasteiger partial charge in [-0.25, -0.2) is 9.59 Å². The zero-order chi connectivity index (χ0) is 13.3. The first-order valence-electron chi connectivity index (χ1n) is 4.97.